The number of aromatic hydroxyl groups is 1. The van der Waals surface area contributed by atoms with Gasteiger partial charge in [-0.15, -0.1) is 0 Å². The molecule has 238 valence electrons. The number of rotatable bonds is 10. The lowest BCUT2D eigenvalue weighted by molar-refractivity contribution is -0.400. The monoisotopic (exact) mass is 612 g/mol. The molecule has 4 rings (SSSR count). The maximum Gasteiger partial charge on any atom is 0.197 e. The molecule has 2 fully saturated rings. The van der Waals surface area contributed by atoms with Gasteiger partial charge in [0.25, 0.3) is 0 Å². The van der Waals surface area contributed by atoms with E-state index in [1.54, 1.807) is 0 Å². The molecule has 2 aliphatic heterocycles. The van der Waals surface area contributed by atoms with Gasteiger partial charge in [0.05, 0.1) is 20.3 Å². The van der Waals surface area contributed by atoms with Crippen LogP contribution in [-0.4, -0.2) is 139 Å². The van der Waals surface area contributed by atoms with Gasteiger partial charge in [-0.1, -0.05) is 24.3 Å². The first-order valence-electron chi connectivity index (χ1n) is 13.4. The molecule has 9 N–H and O–H groups in total. The summed E-state index contributed by atoms with van der Waals surface area (Å²) in [6, 6.07) is 4.37. The largest absolute Gasteiger partial charge is 0.507 e. The van der Waals surface area contributed by atoms with Crippen molar-refractivity contribution in [2.45, 2.75) is 73.6 Å². The number of carbonyl (C=O) groups is 1. The van der Waals surface area contributed by atoms with E-state index in [-0.39, 0.29) is 23.5 Å². The zero-order valence-electron chi connectivity index (χ0n) is 23.0. The highest BCUT2D eigenvalue weighted by Gasteiger charge is 2.51. The summed E-state index contributed by atoms with van der Waals surface area (Å²) >= 11 is 0. The number of methoxy groups -OCH3 is 1. The van der Waals surface area contributed by atoms with Crippen molar-refractivity contribution in [1.29, 1.82) is 0 Å². The second-order valence-corrected chi connectivity index (χ2v) is 10.2. The van der Waals surface area contributed by atoms with E-state index in [0.717, 1.165) is 0 Å². The van der Waals surface area contributed by atoms with E-state index in [1.807, 2.05) is 0 Å². The molecule has 1 aliphatic carbocycles. The average molecular weight is 613 g/mol. The van der Waals surface area contributed by atoms with E-state index in [1.165, 1.54) is 55.7 Å². The lowest BCUT2D eigenvalue weighted by Crippen LogP contribution is -2.63. The lowest BCUT2D eigenvalue weighted by atomic mass is 9.97. The Kier molecular flexibility index (Phi) is 10.7. The van der Waals surface area contributed by atoms with Gasteiger partial charge in [0.2, 0.25) is 0 Å². The fraction of sp³-hybridized carbons (Fsp3) is 0.536. The first-order chi connectivity index (χ1) is 20.4. The molecule has 0 bridgehead atoms. The van der Waals surface area contributed by atoms with Crippen LogP contribution in [0.15, 0.2) is 54.2 Å². The van der Waals surface area contributed by atoms with E-state index in [0.29, 0.717) is 5.57 Å². The summed E-state index contributed by atoms with van der Waals surface area (Å²) in [7, 11) is 1.35. The SMILES string of the molecule is COc1cccc(O)c1C(=O)/C=C/C1=CCC(O[C@@H]2O[C@H](CO)[C@@H](O)[C@H](O)[C@H]2O)(O[C@@H]2O[C@H](CO)[C@@H](O)[C@H](O)[C@H]2O)C=C1. The number of aliphatic hydroxyl groups is 8. The van der Waals surface area contributed by atoms with E-state index in [4.69, 9.17) is 23.7 Å². The number of carbonyl (C=O) groups excluding carboxylic acids is 1. The van der Waals surface area contributed by atoms with E-state index in [9.17, 15) is 50.8 Å². The van der Waals surface area contributed by atoms with Gasteiger partial charge in [0.15, 0.2) is 24.2 Å². The van der Waals surface area contributed by atoms with E-state index in [2.05, 4.69) is 0 Å². The molecule has 0 radical (unpaired) electrons. The number of ether oxygens (including phenoxy) is 5. The molecular formula is C28H36O15. The van der Waals surface area contributed by atoms with Crippen molar-refractivity contribution >= 4 is 5.78 Å². The van der Waals surface area contributed by atoms with Crippen LogP contribution in [0.5, 0.6) is 11.5 Å². The van der Waals surface area contributed by atoms with Crippen LogP contribution < -0.4 is 4.74 Å². The summed E-state index contributed by atoms with van der Waals surface area (Å²) < 4.78 is 27.9. The Labute approximate surface area is 245 Å². The van der Waals surface area contributed by atoms with Crippen LogP contribution in [0.25, 0.3) is 0 Å². The van der Waals surface area contributed by atoms with Gasteiger partial charge in [0.1, 0.15) is 65.9 Å². The Balaban J connectivity index is 1.59. The van der Waals surface area contributed by atoms with Crippen molar-refractivity contribution in [1.82, 2.24) is 0 Å². The van der Waals surface area contributed by atoms with Crippen LogP contribution in [-0.2, 0) is 18.9 Å². The number of ketones is 1. The number of aliphatic hydroxyl groups excluding tert-OH is 8. The van der Waals surface area contributed by atoms with Crippen LogP contribution in [0, 0.1) is 0 Å². The van der Waals surface area contributed by atoms with E-state index < -0.39 is 86.2 Å². The second kappa shape index (κ2) is 13.9. The molecule has 15 heteroatoms. The number of hydrogen-bond donors (Lipinski definition) is 9. The summed E-state index contributed by atoms with van der Waals surface area (Å²) in [6.45, 7) is -1.46. The topological polar surface area (TPSA) is 245 Å². The summed E-state index contributed by atoms with van der Waals surface area (Å²) in [4.78, 5) is 12.8. The van der Waals surface area contributed by atoms with Crippen LogP contribution in [0.1, 0.15) is 16.8 Å². The van der Waals surface area contributed by atoms with Gasteiger partial charge in [-0.3, -0.25) is 4.79 Å². The normalized spacial score (nSPS) is 36.0. The predicted octanol–water partition coefficient (Wildman–Crippen LogP) is -2.64. The maximum absolute atomic E-state index is 12.8. The molecule has 0 spiro atoms. The zero-order valence-corrected chi connectivity index (χ0v) is 23.0. The number of benzene rings is 1. The van der Waals surface area contributed by atoms with Gasteiger partial charge < -0.3 is 69.6 Å². The Morgan fingerprint density at radius 3 is 1.93 bits per heavy atom. The van der Waals surface area contributed by atoms with Gasteiger partial charge in [0, 0.05) is 6.42 Å². The molecule has 0 saturated carbocycles. The van der Waals surface area contributed by atoms with Crippen LogP contribution in [0.4, 0.5) is 0 Å². The van der Waals surface area contributed by atoms with Crippen molar-refractivity contribution in [2.75, 3.05) is 20.3 Å². The Morgan fingerprint density at radius 2 is 1.47 bits per heavy atom. The van der Waals surface area contributed by atoms with Crippen molar-refractivity contribution in [3.05, 3.63) is 59.7 Å². The molecule has 1 aromatic carbocycles. The number of phenols is 1. The molecule has 43 heavy (non-hydrogen) atoms. The van der Waals surface area contributed by atoms with Gasteiger partial charge in [-0.05, 0) is 29.9 Å². The minimum absolute atomic E-state index is 0.0483. The van der Waals surface area contributed by atoms with Crippen molar-refractivity contribution in [3.63, 3.8) is 0 Å². The third kappa shape index (κ3) is 6.99. The van der Waals surface area contributed by atoms with Crippen LogP contribution >= 0.6 is 0 Å². The summed E-state index contributed by atoms with van der Waals surface area (Å²) in [5.41, 5.74) is 0.404. The van der Waals surface area contributed by atoms with Crippen LogP contribution in [0.3, 0.4) is 0 Å². The van der Waals surface area contributed by atoms with Gasteiger partial charge in [-0.2, -0.15) is 0 Å². The minimum atomic E-state index is -1.95. The molecule has 15 nitrogen and oxygen atoms in total. The standard InChI is InChI=1S/C28H36O15/c1-39-16-4-2-3-14(31)19(16)15(32)6-5-13-7-9-28(10-8-13,42-26-24(37)22(35)20(33)17(11-29)40-26)43-27-25(38)23(36)21(34)18(12-30)41-27/h2-9,17-18,20-27,29-31,33-38H,10-12H2,1H3/b6-5+/t17-,18-,20-,21-,22+,23+,24-,25-,26+,27+/m1/s1. The number of allylic oxidation sites excluding steroid dienone is 4. The predicted molar refractivity (Wildman–Crippen MR) is 142 cm³/mol. The van der Waals surface area contributed by atoms with Crippen LogP contribution in [0.2, 0.25) is 0 Å². The fourth-order valence-electron chi connectivity index (χ4n) is 4.86. The smallest absolute Gasteiger partial charge is 0.197 e. The van der Waals surface area contributed by atoms with Crippen molar-refractivity contribution in [2.24, 2.45) is 0 Å². The quantitative estimate of drug-likeness (QED) is 0.0744. The van der Waals surface area contributed by atoms with Crippen molar-refractivity contribution < 1.29 is 74.4 Å². The third-order valence-electron chi connectivity index (χ3n) is 7.38. The van der Waals surface area contributed by atoms with E-state index >= 15 is 0 Å². The maximum atomic E-state index is 12.8. The minimum Gasteiger partial charge on any atom is -0.507 e. The first kappa shape index (κ1) is 33.1. The second-order valence-electron chi connectivity index (χ2n) is 10.2. The average Bonchev–Trinajstić information content (AvgIpc) is 3.01. The molecule has 0 unspecified atom stereocenters. The van der Waals surface area contributed by atoms with Gasteiger partial charge >= 0.3 is 0 Å². The third-order valence-corrected chi connectivity index (χ3v) is 7.38. The molecule has 0 amide bonds. The molecular weight excluding hydrogens is 576 g/mol. The zero-order chi connectivity index (χ0) is 31.5. The summed E-state index contributed by atoms with van der Waals surface area (Å²) in [5, 5.41) is 91.1. The molecule has 2 heterocycles. The lowest BCUT2D eigenvalue weighted by Gasteiger charge is -2.46. The summed E-state index contributed by atoms with van der Waals surface area (Å²) in [6.07, 6.45) is -9.86. The highest BCUT2D eigenvalue weighted by atomic mass is 16.8. The highest BCUT2D eigenvalue weighted by Crippen LogP contribution is 2.36. The Morgan fingerprint density at radius 1 is 0.907 bits per heavy atom. The van der Waals surface area contributed by atoms with Crippen molar-refractivity contribution in [3.8, 4) is 11.5 Å². The Hall–Kier alpha value is -2.77. The highest BCUT2D eigenvalue weighted by molar-refractivity contribution is 6.08. The fourth-order valence-corrected chi connectivity index (χ4v) is 4.86. The molecule has 10 atom stereocenters. The number of hydrogen-bond acceptors (Lipinski definition) is 15. The number of phenolic OH excluding ortho intramolecular Hbond substituents is 1. The molecule has 3 aliphatic rings. The first-order valence-corrected chi connectivity index (χ1v) is 13.4. The Bertz CT molecular complexity index is 1170. The molecule has 0 aromatic heterocycles. The molecule has 2 saturated heterocycles. The summed E-state index contributed by atoms with van der Waals surface area (Å²) in [5.74, 6) is -2.62. The molecule has 1 aromatic rings. The van der Waals surface area contributed by atoms with Gasteiger partial charge in [-0.25, -0.2) is 0 Å².